The van der Waals surface area contributed by atoms with Crippen LogP contribution >= 0.6 is 11.6 Å². The van der Waals surface area contributed by atoms with Crippen LogP contribution in [0.1, 0.15) is 10.4 Å². The van der Waals surface area contributed by atoms with Crippen LogP contribution < -0.4 is 10.9 Å². The molecule has 0 atom stereocenters. The first-order valence-electron chi connectivity index (χ1n) is 5.13. The minimum atomic E-state index is -0.226. The SMILES string of the molecule is O=C(NNc1ccccc1)c1cccc(Cl)c1. The first-order chi connectivity index (χ1) is 8.25. The van der Waals surface area contributed by atoms with E-state index < -0.39 is 0 Å². The maximum Gasteiger partial charge on any atom is 0.269 e. The van der Waals surface area contributed by atoms with Gasteiger partial charge in [-0.2, -0.15) is 0 Å². The lowest BCUT2D eigenvalue weighted by Gasteiger charge is -2.08. The normalized spacial score (nSPS) is 9.71. The molecule has 0 aliphatic carbocycles. The smallest absolute Gasteiger partial charge is 0.269 e. The number of carbonyl (C=O) groups is 1. The van der Waals surface area contributed by atoms with Gasteiger partial charge in [0.05, 0.1) is 5.69 Å². The maximum atomic E-state index is 11.7. The van der Waals surface area contributed by atoms with Crippen LogP contribution in [0.25, 0.3) is 0 Å². The largest absolute Gasteiger partial charge is 0.298 e. The van der Waals surface area contributed by atoms with Crippen LogP contribution in [-0.2, 0) is 0 Å². The summed E-state index contributed by atoms with van der Waals surface area (Å²) in [7, 11) is 0. The maximum absolute atomic E-state index is 11.7. The van der Waals surface area contributed by atoms with Crippen molar-refractivity contribution in [2.75, 3.05) is 5.43 Å². The molecule has 86 valence electrons. The molecular weight excluding hydrogens is 236 g/mol. The molecule has 2 aromatic rings. The van der Waals surface area contributed by atoms with Gasteiger partial charge in [-0.05, 0) is 30.3 Å². The van der Waals surface area contributed by atoms with Crippen LogP contribution in [0, 0.1) is 0 Å². The molecule has 2 rings (SSSR count). The predicted octanol–water partition coefficient (Wildman–Crippen LogP) is 3.10. The summed E-state index contributed by atoms with van der Waals surface area (Å²) in [5, 5.41) is 0.539. The van der Waals surface area contributed by atoms with Crippen molar-refractivity contribution < 1.29 is 4.79 Å². The van der Waals surface area contributed by atoms with Crippen molar-refractivity contribution in [1.29, 1.82) is 0 Å². The molecule has 0 aromatic heterocycles. The van der Waals surface area contributed by atoms with E-state index in [-0.39, 0.29) is 5.91 Å². The quantitative estimate of drug-likeness (QED) is 0.817. The van der Waals surface area contributed by atoms with Crippen molar-refractivity contribution in [1.82, 2.24) is 5.43 Å². The van der Waals surface area contributed by atoms with Gasteiger partial charge in [-0.3, -0.25) is 15.6 Å². The first kappa shape index (κ1) is 11.5. The number of para-hydroxylation sites is 1. The molecule has 3 nitrogen and oxygen atoms in total. The summed E-state index contributed by atoms with van der Waals surface area (Å²) in [4.78, 5) is 11.7. The molecular formula is C13H11ClN2O. The van der Waals surface area contributed by atoms with Crippen LogP contribution in [-0.4, -0.2) is 5.91 Å². The number of rotatable bonds is 3. The van der Waals surface area contributed by atoms with E-state index in [1.807, 2.05) is 30.3 Å². The summed E-state index contributed by atoms with van der Waals surface area (Å²) in [6.07, 6.45) is 0. The van der Waals surface area contributed by atoms with Gasteiger partial charge in [0, 0.05) is 10.6 Å². The van der Waals surface area contributed by atoms with Crippen molar-refractivity contribution in [2.24, 2.45) is 0 Å². The van der Waals surface area contributed by atoms with Gasteiger partial charge < -0.3 is 0 Å². The molecule has 0 fully saturated rings. The summed E-state index contributed by atoms with van der Waals surface area (Å²) in [6.45, 7) is 0. The second-order valence-electron chi connectivity index (χ2n) is 3.46. The highest BCUT2D eigenvalue weighted by molar-refractivity contribution is 6.30. The minimum absolute atomic E-state index is 0.226. The Hall–Kier alpha value is -2.00. The number of benzene rings is 2. The highest BCUT2D eigenvalue weighted by atomic mass is 35.5. The van der Waals surface area contributed by atoms with Crippen LogP contribution in [0.4, 0.5) is 5.69 Å². The third-order valence-electron chi connectivity index (χ3n) is 2.18. The van der Waals surface area contributed by atoms with E-state index in [1.165, 1.54) is 0 Å². The molecule has 2 N–H and O–H groups in total. The van der Waals surface area contributed by atoms with Gasteiger partial charge in [0.2, 0.25) is 0 Å². The summed E-state index contributed by atoms with van der Waals surface area (Å²) in [5.74, 6) is -0.226. The Morgan fingerprint density at radius 3 is 2.47 bits per heavy atom. The lowest BCUT2D eigenvalue weighted by Crippen LogP contribution is -2.29. The first-order valence-corrected chi connectivity index (χ1v) is 5.50. The lowest BCUT2D eigenvalue weighted by molar-refractivity contribution is 0.0962. The third-order valence-corrected chi connectivity index (χ3v) is 2.42. The van der Waals surface area contributed by atoms with E-state index in [9.17, 15) is 4.79 Å². The molecule has 0 spiro atoms. The van der Waals surface area contributed by atoms with E-state index in [2.05, 4.69) is 10.9 Å². The van der Waals surface area contributed by atoms with Gasteiger partial charge in [0.15, 0.2) is 0 Å². The number of hydrogen-bond donors (Lipinski definition) is 2. The van der Waals surface area contributed by atoms with Crippen molar-refractivity contribution in [3.05, 3.63) is 65.2 Å². The van der Waals surface area contributed by atoms with E-state index in [0.717, 1.165) is 5.69 Å². The second-order valence-corrected chi connectivity index (χ2v) is 3.89. The van der Waals surface area contributed by atoms with Gasteiger partial charge >= 0.3 is 0 Å². The van der Waals surface area contributed by atoms with Crippen LogP contribution in [0.15, 0.2) is 54.6 Å². The fourth-order valence-corrected chi connectivity index (χ4v) is 1.54. The molecule has 0 aliphatic heterocycles. The third kappa shape index (κ3) is 3.23. The fraction of sp³-hybridized carbons (Fsp3) is 0. The topological polar surface area (TPSA) is 41.1 Å². The molecule has 0 aliphatic rings. The number of amides is 1. The Bertz CT molecular complexity index is 514. The van der Waals surface area contributed by atoms with Crippen molar-refractivity contribution >= 4 is 23.2 Å². The molecule has 17 heavy (non-hydrogen) atoms. The number of anilines is 1. The Labute approximate surface area is 104 Å². The second kappa shape index (κ2) is 5.37. The van der Waals surface area contributed by atoms with Gasteiger partial charge in [-0.25, -0.2) is 0 Å². The molecule has 0 bridgehead atoms. The molecule has 0 saturated heterocycles. The Morgan fingerprint density at radius 2 is 1.76 bits per heavy atom. The van der Waals surface area contributed by atoms with E-state index in [0.29, 0.717) is 10.6 Å². The predicted molar refractivity (Wildman–Crippen MR) is 69.0 cm³/mol. The zero-order valence-electron chi connectivity index (χ0n) is 8.98. The van der Waals surface area contributed by atoms with Crippen molar-refractivity contribution in [2.45, 2.75) is 0 Å². The monoisotopic (exact) mass is 246 g/mol. The number of hydrogen-bond acceptors (Lipinski definition) is 2. The van der Waals surface area contributed by atoms with E-state index in [1.54, 1.807) is 24.3 Å². The Morgan fingerprint density at radius 1 is 1.00 bits per heavy atom. The molecule has 0 saturated carbocycles. The zero-order valence-corrected chi connectivity index (χ0v) is 9.74. The van der Waals surface area contributed by atoms with Gasteiger partial charge in [-0.1, -0.05) is 35.9 Å². The standard InChI is InChI=1S/C13H11ClN2O/c14-11-6-4-5-10(9-11)13(17)16-15-12-7-2-1-3-8-12/h1-9,15H,(H,16,17). The molecule has 4 heteroatoms. The van der Waals surface area contributed by atoms with Crippen molar-refractivity contribution in [3.8, 4) is 0 Å². The molecule has 0 radical (unpaired) electrons. The lowest BCUT2D eigenvalue weighted by atomic mass is 10.2. The summed E-state index contributed by atoms with van der Waals surface area (Å²) >= 11 is 5.81. The number of nitrogens with one attached hydrogen (secondary N) is 2. The van der Waals surface area contributed by atoms with E-state index >= 15 is 0 Å². The molecule has 0 heterocycles. The van der Waals surface area contributed by atoms with Crippen LogP contribution in [0.5, 0.6) is 0 Å². The van der Waals surface area contributed by atoms with Gasteiger partial charge in [0.1, 0.15) is 0 Å². The van der Waals surface area contributed by atoms with Gasteiger partial charge in [-0.15, -0.1) is 0 Å². The highest BCUT2D eigenvalue weighted by Gasteiger charge is 2.04. The van der Waals surface area contributed by atoms with E-state index in [4.69, 9.17) is 11.6 Å². The molecule has 1 amide bonds. The van der Waals surface area contributed by atoms with Crippen LogP contribution in [0.3, 0.4) is 0 Å². The van der Waals surface area contributed by atoms with Crippen LogP contribution in [0.2, 0.25) is 5.02 Å². The van der Waals surface area contributed by atoms with Gasteiger partial charge in [0.25, 0.3) is 5.91 Å². The zero-order chi connectivity index (χ0) is 12.1. The summed E-state index contributed by atoms with van der Waals surface area (Å²) < 4.78 is 0. The molecule has 2 aromatic carbocycles. The Kier molecular flexibility index (Phi) is 3.62. The van der Waals surface area contributed by atoms with Crippen molar-refractivity contribution in [3.63, 3.8) is 0 Å². The fourth-order valence-electron chi connectivity index (χ4n) is 1.35. The average molecular weight is 247 g/mol. The number of carbonyl (C=O) groups excluding carboxylic acids is 1. The minimum Gasteiger partial charge on any atom is -0.298 e. The summed E-state index contributed by atoms with van der Waals surface area (Å²) in [6, 6.07) is 16.2. The molecule has 0 unspecified atom stereocenters. The number of halogens is 1. The number of hydrazine groups is 1. The Balaban J connectivity index is 1.98. The summed E-state index contributed by atoms with van der Waals surface area (Å²) in [5.41, 5.74) is 6.75. The highest BCUT2D eigenvalue weighted by Crippen LogP contribution is 2.10. The average Bonchev–Trinajstić information content (AvgIpc) is 2.37.